The number of nitrogens with one attached hydrogen (secondary N) is 2. The number of unbranched alkanes of at least 4 members (excludes halogenated alkanes) is 2. The second-order valence-electron chi connectivity index (χ2n) is 3.72. The summed E-state index contributed by atoms with van der Waals surface area (Å²) >= 11 is 0. The van der Waals surface area contributed by atoms with Crippen molar-refractivity contribution < 1.29 is 9.90 Å². The maximum atomic E-state index is 11.5. The molecule has 0 aliphatic carbocycles. The molecule has 1 saturated heterocycles. The maximum absolute atomic E-state index is 11.5. The Labute approximate surface area is 85.1 Å². The minimum atomic E-state index is 0.0350. The van der Waals surface area contributed by atoms with Crippen molar-refractivity contribution in [1.29, 1.82) is 0 Å². The fourth-order valence-corrected chi connectivity index (χ4v) is 1.66. The van der Waals surface area contributed by atoms with Crippen molar-refractivity contribution in [1.82, 2.24) is 10.6 Å². The number of aliphatic hydroxyl groups excluding tert-OH is 1. The van der Waals surface area contributed by atoms with Gasteiger partial charge in [0.1, 0.15) is 0 Å². The molecule has 0 radical (unpaired) electrons. The first-order valence-corrected chi connectivity index (χ1v) is 5.46. The van der Waals surface area contributed by atoms with Crippen molar-refractivity contribution in [2.75, 3.05) is 19.7 Å². The van der Waals surface area contributed by atoms with Gasteiger partial charge in [-0.2, -0.15) is 0 Å². The quantitative estimate of drug-likeness (QED) is 0.530. The predicted octanol–water partition coefficient (Wildman–Crippen LogP) is 0.0172. The van der Waals surface area contributed by atoms with Gasteiger partial charge in [-0.1, -0.05) is 0 Å². The third-order valence-electron chi connectivity index (χ3n) is 2.51. The van der Waals surface area contributed by atoms with E-state index in [1.165, 1.54) is 0 Å². The molecular weight excluding hydrogens is 180 g/mol. The van der Waals surface area contributed by atoms with E-state index in [0.29, 0.717) is 0 Å². The number of amides is 1. The van der Waals surface area contributed by atoms with Crippen LogP contribution in [0.1, 0.15) is 32.1 Å². The van der Waals surface area contributed by atoms with Gasteiger partial charge in [0.25, 0.3) is 0 Å². The number of rotatable bonds is 6. The molecule has 1 aliphatic rings. The van der Waals surface area contributed by atoms with Crippen LogP contribution in [0.2, 0.25) is 0 Å². The van der Waals surface area contributed by atoms with E-state index in [4.69, 9.17) is 5.11 Å². The highest BCUT2D eigenvalue weighted by Gasteiger charge is 2.20. The van der Waals surface area contributed by atoms with Crippen molar-refractivity contribution in [2.24, 2.45) is 0 Å². The third-order valence-corrected chi connectivity index (χ3v) is 2.51. The monoisotopic (exact) mass is 200 g/mol. The highest BCUT2D eigenvalue weighted by atomic mass is 16.2. The summed E-state index contributed by atoms with van der Waals surface area (Å²) in [6.45, 7) is 1.94. The Kier molecular flexibility index (Phi) is 5.56. The summed E-state index contributed by atoms with van der Waals surface area (Å²) in [5, 5.41) is 14.6. The molecule has 14 heavy (non-hydrogen) atoms. The zero-order valence-corrected chi connectivity index (χ0v) is 8.59. The molecule has 1 rings (SSSR count). The van der Waals surface area contributed by atoms with Crippen LogP contribution in [0, 0.1) is 0 Å². The second-order valence-corrected chi connectivity index (χ2v) is 3.72. The molecular formula is C10H20N2O2. The van der Waals surface area contributed by atoms with Gasteiger partial charge in [-0.3, -0.25) is 4.79 Å². The minimum Gasteiger partial charge on any atom is -0.396 e. The lowest BCUT2D eigenvalue weighted by Gasteiger charge is -2.10. The summed E-state index contributed by atoms with van der Waals surface area (Å²) in [6.07, 6.45) is 4.83. The smallest absolute Gasteiger partial charge is 0.237 e. The topological polar surface area (TPSA) is 61.4 Å². The van der Waals surface area contributed by atoms with E-state index in [9.17, 15) is 4.79 Å². The molecule has 82 valence electrons. The van der Waals surface area contributed by atoms with E-state index in [1.807, 2.05) is 0 Å². The Morgan fingerprint density at radius 3 is 2.93 bits per heavy atom. The number of hydrogen-bond acceptors (Lipinski definition) is 3. The molecule has 0 aromatic carbocycles. The predicted molar refractivity (Wildman–Crippen MR) is 55.0 cm³/mol. The van der Waals surface area contributed by atoms with Crippen LogP contribution in [-0.2, 0) is 4.79 Å². The average molecular weight is 200 g/mol. The zero-order chi connectivity index (χ0) is 10.2. The first-order valence-electron chi connectivity index (χ1n) is 5.46. The van der Waals surface area contributed by atoms with Crippen LogP contribution in [0.3, 0.4) is 0 Å². The Morgan fingerprint density at radius 1 is 1.43 bits per heavy atom. The van der Waals surface area contributed by atoms with Gasteiger partial charge in [-0.05, 0) is 38.6 Å². The zero-order valence-electron chi connectivity index (χ0n) is 8.59. The lowest BCUT2D eigenvalue weighted by atomic mass is 10.2. The van der Waals surface area contributed by atoms with Crippen LogP contribution in [0.15, 0.2) is 0 Å². The SMILES string of the molecule is O=C(NCCCCCO)[C@@H]1CCCN1. The van der Waals surface area contributed by atoms with Crippen LogP contribution in [-0.4, -0.2) is 36.8 Å². The maximum Gasteiger partial charge on any atom is 0.237 e. The molecule has 0 spiro atoms. The van der Waals surface area contributed by atoms with Crippen LogP contribution in [0.25, 0.3) is 0 Å². The van der Waals surface area contributed by atoms with Gasteiger partial charge in [-0.15, -0.1) is 0 Å². The third kappa shape index (κ3) is 4.07. The Morgan fingerprint density at radius 2 is 2.29 bits per heavy atom. The van der Waals surface area contributed by atoms with Gasteiger partial charge < -0.3 is 15.7 Å². The van der Waals surface area contributed by atoms with Crippen LogP contribution in [0.5, 0.6) is 0 Å². The van der Waals surface area contributed by atoms with Gasteiger partial charge in [0.05, 0.1) is 6.04 Å². The molecule has 0 bridgehead atoms. The van der Waals surface area contributed by atoms with E-state index >= 15 is 0 Å². The largest absolute Gasteiger partial charge is 0.396 e. The number of hydrogen-bond donors (Lipinski definition) is 3. The molecule has 0 aromatic rings. The summed E-state index contributed by atoms with van der Waals surface area (Å²) in [6, 6.07) is 0.0350. The molecule has 1 fully saturated rings. The molecule has 1 amide bonds. The van der Waals surface area contributed by atoms with Gasteiger partial charge in [0.2, 0.25) is 5.91 Å². The Hall–Kier alpha value is -0.610. The van der Waals surface area contributed by atoms with Crippen molar-refractivity contribution in [3.8, 4) is 0 Å². The minimum absolute atomic E-state index is 0.0350. The fourth-order valence-electron chi connectivity index (χ4n) is 1.66. The molecule has 3 N–H and O–H groups in total. The summed E-state index contributed by atoms with van der Waals surface area (Å²) < 4.78 is 0. The summed E-state index contributed by atoms with van der Waals surface area (Å²) in [4.78, 5) is 11.5. The van der Waals surface area contributed by atoms with E-state index in [2.05, 4.69) is 10.6 Å². The summed E-state index contributed by atoms with van der Waals surface area (Å²) in [5.41, 5.74) is 0. The van der Waals surface area contributed by atoms with E-state index in [0.717, 1.165) is 45.2 Å². The summed E-state index contributed by atoms with van der Waals surface area (Å²) in [7, 11) is 0. The molecule has 4 nitrogen and oxygen atoms in total. The Bertz CT molecular complexity index is 168. The van der Waals surface area contributed by atoms with E-state index in [-0.39, 0.29) is 18.6 Å². The lowest BCUT2D eigenvalue weighted by molar-refractivity contribution is -0.122. The first kappa shape index (κ1) is 11.5. The number of aliphatic hydroxyl groups is 1. The normalized spacial score (nSPS) is 21.1. The second kappa shape index (κ2) is 6.79. The van der Waals surface area contributed by atoms with Crippen LogP contribution in [0.4, 0.5) is 0 Å². The fraction of sp³-hybridized carbons (Fsp3) is 0.900. The molecule has 1 heterocycles. The summed E-state index contributed by atoms with van der Waals surface area (Å²) in [5.74, 6) is 0.131. The van der Waals surface area contributed by atoms with E-state index in [1.54, 1.807) is 0 Å². The molecule has 0 saturated carbocycles. The van der Waals surface area contributed by atoms with Gasteiger partial charge >= 0.3 is 0 Å². The van der Waals surface area contributed by atoms with Crippen molar-refractivity contribution >= 4 is 5.91 Å². The highest BCUT2D eigenvalue weighted by molar-refractivity contribution is 5.81. The molecule has 1 atom stereocenters. The molecule has 0 unspecified atom stereocenters. The number of carbonyl (C=O) groups is 1. The molecule has 4 heteroatoms. The first-order chi connectivity index (χ1) is 6.84. The lowest BCUT2D eigenvalue weighted by Crippen LogP contribution is -2.40. The van der Waals surface area contributed by atoms with Gasteiger partial charge in [0, 0.05) is 13.2 Å². The van der Waals surface area contributed by atoms with Crippen LogP contribution < -0.4 is 10.6 Å². The number of carbonyl (C=O) groups excluding carboxylic acids is 1. The van der Waals surface area contributed by atoms with Crippen molar-refractivity contribution in [2.45, 2.75) is 38.1 Å². The Balaban J connectivity index is 1.97. The molecule has 0 aromatic heterocycles. The van der Waals surface area contributed by atoms with Gasteiger partial charge in [-0.25, -0.2) is 0 Å². The van der Waals surface area contributed by atoms with Crippen molar-refractivity contribution in [3.63, 3.8) is 0 Å². The van der Waals surface area contributed by atoms with Crippen LogP contribution >= 0.6 is 0 Å². The highest BCUT2D eigenvalue weighted by Crippen LogP contribution is 2.04. The van der Waals surface area contributed by atoms with Gasteiger partial charge in [0.15, 0.2) is 0 Å². The van der Waals surface area contributed by atoms with Crippen molar-refractivity contribution in [3.05, 3.63) is 0 Å². The average Bonchev–Trinajstić information content (AvgIpc) is 2.70. The van der Waals surface area contributed by atoms with E-state index < -0.39 is 0 Å². The standard InChI is InChI=1S/C10H20N2O2/c13-8-3-1-2-6-12-10(14)9-5-4-7-11-9/h9,11,13H,1-8H2,(H,12,14)/t9-/m0/s1. The molecule has 1 aliphatic heterocycles.